The van der Waals surface area contributed by atoms with Crippen LogP contribution in [0.25, 0.3) is 0 Å². The van der Waals surface area contributed by atoms with E-state index in [-0.39, 0.29) is 19.1 Å². The van der Waals surface area contributed by atoms with Crippen molar-refractivity contribution in [3.63, 3.8) is 0 Å². The predicted molar refractivity (Wildman–Crippen MR) is 67.5 cm³/mol. The van der Waals surface area contributed by atoms with Crippen LogP contribution in [-0.4, -0.2) is 12.8 Å². The molecule has 0 fully saturated rings. The highest BCUT2D eigenvalue weighted by atomic mass is 79.9. The largest absolute Gasteiger partial charge is 0.494 e. The van der Waals surface area contributed by atoms with Gasteiger partial charge in [-0.1, -0.05) is 22.0 Å². The maximum atomic E-state index is 11.9. The Morgan fingerprint density at radius 3 is 2.56 bits per heavy atom. The van der Waals surface area contributed by atoms with Gasteiger partial charge in [-0.2, -0.15) is 13.2 Å². The van der Waals surface area contributed by atoms with Gasteiger partial charge in [-0.3, -0.25) is 0 Å². The summed E-state index contributed by atoms with van der Waals surface area (Å²) in [5.74, 6) is 0.536. The normalized spacial score (nSPS) is 13.4. The van der Waals surface area contributed by atoms with E-state index in [0.717, 1.165) is 10.0 Å². The Morgan fingerprint density at radius 2 is 2.06 bits per heavy atom. The molecule has 0 aliphatic carbocycles. The molecule has 6 heteroatoms. The Morgan fingerprint density at radius 1 is 1.39 bits per heavy atom. The van der Waals surface area contributed by atoms with Gasteiger partial charge in [0.2, 0.25) is 0 Å². The predicted octanol–water partition coefficient (Wildman–Crippen LogP) is 4.19. The van der Waals surface area contributed by atoms with Gasteiger partial charge in [-0.15, -0.1) is 0 Å². The molecule has 0 radical (unpaired) electrons. The highest BCUT2D eigenvalue weighted by molar-refractivity contribution is 9.10. The van der Waals surface area contributed by atoms with Crippen LogP contribution in [0.1, 0.15) is 31.4 Å². The summed E-state index contributed by atoms with van der Waals surface area (Å²) in [4.78, 5) is 0. The van der Waals surface area contributed by atoms with Crippen molar-refractivity contribution in [3.05, 3.63) is 28.2 Å². The third-order valence-corrected chi connectivity index (χ3v) is 3.02. The Bertz CT molecular complexity index is 393. The van der Waals surface area contributed by atoms with Crippen molar-refractivity contribution in [2.45, 2.75) is 32.0 Å². The lowest BCUT2D eigenvalue weighted by Gasteiger charge is -2.12. The van der Waals surface area contributed by atoms with Crippen molar-refractivity contribution >= 4 is 15.9 Å². The average Bonchev–Trinajstić information content (AvgIpc) is 2.22. The van der Waals surface area contributed by atoms with Crippen molar-refractivity contribution in [2.24, 2.45) is 5.73 Å². The average molecular weight is 326 g/mol. The molecule has 102 valence electrons. The number of hydrogen-bond acceptors (Lipinski definition) is 2. The molecule has 1 atom stereocenters. The van der Waals surface area contributed by atoms with Gasteiger partial charge in [-0.25, -0.2) is 0 Å². The maximum Gasteiger partial charge on any atom is 0.389 e. The molecule has 0 spiro atoms. The lowest BCUT2D eigenvalue weighted by atomic mass is 10.1. The number of hydrogen-bond donors (Lipinski definition) is 1. The SMILES string of the molecule is C[C@H](N)c1ccc(OCCCC(F)(F)F)cc1Br. The van der Waals surface area contributed by atoms with Gasteiger partial charge in [0.05, 0.1) is 6.61 Å². The van der Waals surface area contributed by atoms with E-state index in [2.05, 4.69) is 15.9 Å². The molecule has 1 rings (SSSR count). The minimum Gasteiger partial charge on any atom is -0.494 e. The second-order valence-corrected chi connectivity index (χ2v) is 4.89. The number of alkyl halides is 3. The Hall–Kier alpha value is -0.750. The van der Waals surface area contributed by atoms with Crippen LogP contribution in [0.3, 0.4) is 0 Å². The van der Waals surface area contributed by atoms with Crippen LogP contribution in [-0.2, 0) is 0 Å². The van der Waals surface area contributed by atoms with Crippen LogP contribution in [0.15, 0.2) is 22.7 Å². The quantitative estimate of drug-likeness (QED) is 0.824. The topological polar surface area (TPSA) is 35.2 Å². The molecule has 1 aromatic carbocycles. The summed E-state index contributed by atoms with van der Waals surface area (Å²) in [5.41, 5.74) is 6.67. The van der Waals surface area contributed by atoms with Crippen LogP contribution in [0.4, 0.5) is 13.2 Å². The van der Waals surface area contributed by atoms with Crippen molar-refractivity contribution in [2.75, 3.05) is 6.61 Å². The fourth-order valence-electron chi connectivity index (χ4n) is 1.43. The monoisotopic (exact) mass is 325 g/mol. The van der Waals surface area contributed by atoms with Crippen molar-refractivity contribution in [1.29, 1.82) is 0 Å². The minimum absolute atomic E-state index is 0.0451. The lowest BCUT2D eigenvalue weighted by molar-refractivity contribution is -0.136. The van der Waals surface area contributed by atoms with E-state index in [1.807, 2.05) is 6.92 Å². The zero-order valence-corrected chi connectivity index (χ0v) is 11.5. The molecule has 0 unspecified atom stereocenters. The summed E-state index contributed by atoms with van der Waals surface area (Å²) < 4.78 is 41.8. The van der Waals surface area contributed by atoms with Crippen molar-refractivity contribution < 1.29 is 17.9 Å². The number of halogens is 4. The Balaban J connectivity index is 2.47. The van der Waals surface area contributed by atoms with Gasteiger partial charge in [0.15, 0.2) is 0 Å². The van der Waals surface area contributed by atoms with E-state index in [4.69, 9.17) is 10.5 Å². The Kier molecular flexibility index (Phi) is 5.47. The van der Waals surface area contributed by atoms with E-state index < -0.39 is 12.6 Å². The van der Waals surface area contributed by atoms with E-state index in [9.17, 15) is 13.2 Å². The fraction of sp³-hybridized carbons (Fsp3) is 0.500. The minimum atomic E-state index is -4.12. The molecule has 0 saturated carbocycles. The third-order valence-electron chi connectivity index (χ3n) is 2.34. The molecule has 0 aromatic heterocycles. The van der Waals surface area contributed by atoms with Gasteiger partial charge in [0, 0.05) is 16.9 Å². The molecule has 0 heterocycles. The summed E-state index contributed by atoms with van der Waals surface area (Å²) in [6.07, 6.45) is -5.00. The van der Waals surface area contributed by atoms with Crippen LogP contribution in [0, 0.1) is 0 Å². The number of nitrogens with two attached hydrogens (primary N) is 1. The molecular formula is C12H15BrF3NO. The summed E-state index contributed by atoms with van der Waals surface area (Å²) in [6.45, 7) is 1.90. The van der Waals surface area contributed by atoms with Gasteiger partial charge in [0.1, 0.15) is 5.75 Å². The first-order chi connectivity index (χ1) is 8.29. The van der Waals surface area contributed by atoms with Gasteiger partial charge in [-0.05, 0) is 31.0 Å². The zero-order valence-electron chi connectivity index (χ0n) is 9.93. The van der Waals surface area contributed by atoms with Crippen molar-refractivity contribution in [3.8, 4) is 5.75 Å². The van der Waals surface area contributed by atoms with Crippen LogP contribution in [0.2, 0.25) is 0 Å². The smallest absolute Gasteiger partial charge is 0.389 e. The third kappa shape index (κ3) is 5.27. The summed E-state index contributed by atoms with van der Waals surface area (Å²) in [5, 5.41) is 0. The second kappa shape index (κ2) is 6.43. The highest BCUT2D eigenvalue weighted by Gasteiger charge is 2.26. The molecular weight excluding hydrogens is 311 g/mol. The van der Waals surface area contributed by atoms with Crippen LogP contribution < -0.4 is 10.5 Å². The summed E-state index contributed by atoms with van der Waals surface area (Å²) in [6, 6.07) is 5.11. The van der Waals surface area contributed by atoms with E-state index in [1.54, 1.807) is 18.2 Å². The zero-order chi connectivity index (χ0) is 13.8. The Labute approximate surface area is 112 Å². The highest BCUT2D eigenvalue weighted by Crippen LogP contribution is 2.27. The molecule has 1 aromatic rings. The van der Waals surface area contributed by atoms with E-state index in [0.29, 0.717) is 5.75 Å². The van der Waals surface area contributed by atoms with E-state index >= 15 is 0 Å². The molecule has 0 saturated heterocycles. The number of ether oxygens (including phenoxy) is 1. The first kappa shape index (κ1) is 15.3. The first-order valence-electron chi connectivity index (χ1n) is 5.54. The lowest BCUT2D eigenvalue weighted by Crippen LogP contribution is -2.10. The van der Waals surface area contributed by atoms with E-state index in [1.165, 1.54) is 0 Å². The van der Waals surface area contributed by atoms with Gasteiger partial charge in [0.25, 0.3) is 0 Å². The summed E-state index contributed by atoms with van der Waals surface area (Å²) in [7, 11) is 0. The molecule has 0 aliphatic rings. The molecule has 2 N–H and O–H groups in total. The number of rotatable bonds is 5. The van der Waals surface area contributed by atoms with Gasteiger partial charge >= 0.3 is 6.18 Å². The molecule has 0 amide bonds. The number of benzene rings is 1. The maximum absolute atomic E-state index is 11.9. The second-order valence-electron chi connectivity index (χ2n) is 4.04. The molecule has 18 heavy (non-hydrogen) atoms. The van der Waals surface area contributed by atoms with Gasteiger partial charge < -0.3 is 10.5 Å². The standard InChI is InChI=1S/C12H15BrF3NO/c1-8(17)10-4-3-9(7-11(10)13)18-6-2-5-12(14,15)16/h3-4,7-8H,2,5-6,17H2,1H3/t8-/m0/s1. The fourth-order valence-corrected chi connectivity index (χ4v) is 2.15. The summed E-state index contributed by atoms with van der Waals surface area (Å²) >= 11 is 3.35. The van der Waals surface area contributed by atoms with Crippen LogP contribution in [0.5, 0.6) is 5.75 Å². The molecule has 0 aliphatic heterocycles. The molecule has 0 bridgehead atoms. The first-order valence-corrected chi connectivity index (χ1v) is 6.33. The molecule has 2 nitrogen and oxygen atoms in total. The van der Waals surface area contributed by atoms with Crippen molar-refractivity contribution in [1.82, 2.24) is 0 Å². The van der Waals surface area contributed by atoms with Crippen LogP contribution >= 0.6 is 15.9 Å².